The van der Waals surface area contributed by atoms with Crippen molar-refractivity contribution in [2.75, 3.05) is 20.2 Å². The summed E-state index contributed by atoms with van der Waals surface area (Å²) >= 11 is 3.45. The van der Waals surface area contributed by atoms with Gasteiger partial charge >= 0.3 is 0 Å². The van der Waals surface area contributed by atoms with Crippen molar-refractivity contribution in [1.29, 1.82) is 0 Å². The molecule has 0 unspecified atom stereocenters. The van der Waals surface area contributed by atoms with Crippen LogP contribution < -0.4 is 4.74 Å². The summed E-state index contributed by atoms with van der Waals surface area (Å²) in [6.45, 7) is 1.85. The smallest absolute Gasteiger partial charge is 0.222 e. The molecule has 0 spiro atoms. The van der Waals surface area contributed by atoms with Crippen LogP contribution in [0.15, 0.2) is 22.7 Å². The van der Waals surface area contributed by atoms with Crippen molar-refractivity contribution in [3.8, 4) is 5.75 Å². The molecule has 98 valence electrons. The van der Waals surface area contributed by atoms with Gasteiger partial charge in [0.1, 0.15) is 5.75 Å². The molecule has 0 atom stereocenters. The summed E-state index contributed by atoms with van der Waals surface area (Å²) in [4.78, 5) is 13.9. The fourth-order valence-corrected chi connectivity index (χ4v) is 2.72. The van der Waals surface area contributed by atoms with E-state index in [1.54, 1.807) is 7.11 Å². The molecular weight excluding hydrogens is 294 g/mol. The number of benzene rings is 1. The van der Waals surface area contributed by atoms with Gasteiger partial charge in [-0.05, 0) is 43.0 Å². The Balaban J connectivity index is 1.96. The van der Waals surface area contributed by atoms with Crippen molar-refractivity contribution >= 4 is 21.8 Å². The first kappa shape index (κ1) is 13.4. The van der Waals surface area contributed by atoms with Crippen molar-refractivity contribution in [1.82, 2.24) is 4.90 Å². The minimum atomic E-state index is 0.259. The molecule has 18 heavy (non-hydrogen) atoms. The van der Waals surface area contributed by atoms with Crippen LogP contribution in [0.4, 0.5) is 0 Å². The molecule has 0 N–H and O–H groups in total. The Morgan fingerprint density at radius 2 is 2.11 bits per heavy atom. The summed E-state index contributed by atoms with van der Waals surface area (Å²) in [7, 11) is 1.66. The molecule has 4 heteroatoms. The normalized spacial score (nSPS) is 14.9. The minimum Gasteiger partial charge on any atom is -0.496 e. The van der Waals surface area contributed by atoms with E-state index in [1.165, 1.54) is 0 Å². The predicted molar refractivity (Wildman–Crippen MR) is 74.8 cm³/mol. The zero-order chi connectivity index (χ0) is 13.0. The summed E-state index contributed by atoms with van der Waals surface area (Å²) in [6, 6.07) is 5.90. The monoisotopic (exact) mass is 311 g/mol. The summed E-state index contributed by atoms with van der Waals surface area (Å²) in [5.41, 5.74) is 1.08. The first-order chi connectivity index (χ1) is 8.70. The van der Waals surface area contributed by atoms with Gasteiger partial charge in [0.15, 0.2) is 0 Å². The van der Waals surface area contributed by atoms with Crippen molar-refractivity contribution in [2.24, 2.45) is 0 Å². The van der Waals surface area contributed by atoms with Crippen LogP contribution in [0.2, 0.25) is 0 Å². The largest absolute Gasteiger partial charge is 0.496 e. The number of hydrogen-bond acceptors (Lipinski definition) is 2. The van der Waals surface area contributed by atoms with E-state index in [4.69, 9.17) is 4.74 Å². The van der Waals surface area contributed by atoms with Gasteiger partial charge in [-0.2, -0.15) is 0 Å². The first-order valence-electron chi connectivity index (χ1n) is 6.31. The fraction of sp³-hybridized carbons (Fsp3) is 0.500. The highest BCUT2D eigenvalue weighted by atomic mass is 79.9. The van der Waals surface area contributed by atoms with Crippen molar-refractivity contribution < 1.29 is 9.53 Å². The Labute approximate surface area is 116 Å². The van der Waals surface area contributed by atoms with Crippen LogP contribution in [0.3, 0.4) is 0 Å². The van der Waals surface area contributed by atoms with E-state index in [2.05, 4.69) is 15.9 Å². The number of halogens is 1. The van der Waals surface area contributed by atoms with Crippen LogP contribution in [-0.2, 0) is 11.2 Å². The molecule has 0 aliphatic carbocycles. The maximum Gasteiger partial charge on any atom is 0.222 e. The Hall–Kier alpha value is -1.03. The Bertz CT molecular complexity index is 428. The predicted octanol–water partition coefficient (Wildman–Crippen LogP) is 3.01. The van der Waals surface area contributed by atoms with E-state index in [-0.39, 0.29) is 5.91 Å². The zero-order valence-corrected chi connectivity index (χ0v) is 12.2. The van der Waals surface area contributed by atoms with E-state index >= 15 is 0 Å². The van der Waals surface area contributed by atoms with Crippen molar-refractivity contribution in [3.05, 3.63) is 28.2 Å². The van der Waals surface area contributed by atoms with E-state index in [0.717, 1.165) is 48.1 Å². The first-order valence-corrected chi connectivity index (χ1v) is 7.10. The summed E-state index contributed by atoms with van der Waals surface area (Å²) in [5.74, 6) is 1.11. The Morgan fingerprint density at radius 1 is 1.39 bits per heavy atom. The van der Waals surface area contributed by atoms with Gasteiger partial charge in [-0.1, -0.05) is 15.9 Å². The number of rotatable bonds is 4. The molecule has 1 saturated heterocycles. The SMILES string of the molecule is COc1ccc(Br)cc1CCC(=O)N1CCCC1. The lowest BCUT2D eigenvalue weighted by Gasteiger charge is -2.15. The van der Waals surface area contributed by atoms with Crippen molar-refractivity contribution in [2.45, 2.75) is 25.7 Å². The van der Waals surface area contributed by atoms with Crippen LogP contribution >= 0.6 is 15.9 Å². The van der Waals surface area contributed by atoms with Crippen LogP contribution in [0.1, 0.15) is 24.8 Å². The average molecular weight is 312 g/mol. The third-order valence-corrected chi connectivity index (χ3v) is 3.80. The zero-order valence-electron chi connectivity index (χ0n) is 10.6. The molecule has 1 aliphatic rings. The maximum atomic E-state index is 12.0. The fourth-order valence-electron chi connectivity index (χ4n) is 2.31. The van der Waals surface area contributed by atoms with Crippen LogP contribution in [0, 0.1) is 0 Å². The van der Waals surface area contributed by atoms with Crippen molar-refractivity contribution in [3.63, 3.8) is 0 Å². The molecule has 1 aromatic rings. The highest BCUT2D eigenvalue weighted by Gasteiger charge is 2.18. The van der Waals surface area contributed by atoms with E-state index in [1.807, 2.05) is 23.1 Å². The van der Waals surface area contributed by atoms with E-state index in [0.29, 0.717) is 6.42 Å². The number of carbonyl (C=O) groups is 1. The number of aryl methyl sites for hydroxylation is 1. The van der Waals surface area contributed by atoms with Crippen LogP contribution in [-0.4, -0.2) is 31.0 Å². The summed E-state index contributed by atoms with van der Waals surface area (Å²) < 4.78 is 6.33. The second kappa shape index (κ2) is 6.23. The topological polar surface area (TPSA) is 29.5 Å². The molecule has 0 bridgehead atoms. The van der Waals surface area contributed by atoms with Gasteiger partial charge in [0.05, 0.1) is 7.11 Å². The number of carbonyl (C=O) groups excluding carboxylic acids is 1. The molecule has 3 nitrogen and oxygen atoms in total. The van der Waals surface area contributed by atoms with Gasteiger partial charge in [0.2, 0.25) is 5.91 Å². The number of methoxy groups -OCH3 is 1. The molecule has 0 radical (unpaired) electrons. The third-order valence-electron chi connectivity index (χ3n) is 3.31. The summed E-state index contributed by atoms with van der Waals surface area (Å²) in [6.07, 6.45) is 3.59. The Morgan fingerprint density at radius 3 is 2.78 bits per heavy atom. The number of nitrogens with zero attached hydrogens (tertiary/aromatic N) is 1. The lowest BCUT2D eigenvalue weighted by atomic mass is 10.1. The highest BCUT2D eigenvalue weighted by Crippen LogP contribution is 2.24. The second-order valence-corrected chi connectivity index (χ2v) is 5.46. The van der Waals surface area contributed by atoms with Gasteiger partial charge < -0.3 is 9.64 Å². The van der Waals surface area contributed by atoms with Gasteiger partial charge in [0, 0.05) is 24.0 Å². The number of ether oxygens (including phenoxy) is 1. The summed E-state index contributed by atoms with van der Waals surface area (Å²) in [5, 5.41) is 0. The number of likely N-dealkylation sites (tertiary alicyclic amines) is 1. The lowest BCUT2D eigenvalue weighted by Crippen LogP contribution is -2.27. The lowest BCUT2D eigenvalue weighted by molar-refractivity contribution is -0.130. The molecule has 1 heterocycles. The molecule has 1 aliphatic heterocycles. The molecular formula is C14H18BrNO2. The van der Waals surface area contributed by atoms with E-state index in [9.17, 15) is 4.79 Å². The average Bonchev–Trinajstić information content (AvgIpc) is 2.90. The number of amides is 1. The van der Waals surface area contributed by atoms with Crippen LogP contribution in [0.5, 0.6) is 5.75 Å². The molecule has 2 rings (SSSR count). The third kappa shape index (κ3) is 3.25. The van der Waals surface area contributed by atoms with Gasteiger partial charge in [-0.25, -0.2) is 0 Å². The van der Waals surface area contributed by atoms with Gasteiger partial charge in [0.25, 0.3) is 0 Å². The molecule has 1 fully saturated rings. The second-order valence-electron chi connectivity index (χ2n) is 4.54. The molecule has 1 amide bonds. The van der Waals surface area contributed by atoms with E-state index < -0.39 is 0 Å². The van der Waals surface area contributed by atoms with Gasteiger partial charge in [-0.15, -0.1) is 0 Å². The molecule has 0 aromatic heterocycles. The quantitative estimate of drug-likeness (QED) is 0.855. The highest BCUT2D eigenvalue weighted by molar-refractivity contribution is 9.10. The molecule has 0 saturated carbocycles. The maximum absolute atomic E-state index is 12.0. The standard InChI is InChI=1S/C14H18BrNO2/c1-18-13-6-5-12(15)10-11(13)4-7-14(17)16-8-2-3-9-16/h5-6,10H,2-4,7-9H2,1H3. The number of hydrogen-bond donors (Lipinski definition) is 0. The Kier molecular flexibility index (Phi) is 4.64. The van der Waals surface area contributed by atoms with Crippen LogP contribution in [0.25, 0.3) is 0 Å². The van der Waals surface area contributed by atoms with Gasteiger partial charge in [-0.3, -0.25) is 4.79 Å². The minimum absolute atomic E-state index is 0.259. The molecule has 1 aromatic carbocycles.